The fourth-order valence-electron chi connectivity index (χ4n) is 2.06. The van der Waals surface area contributed by atoms with Crippen LogP contribution in [0.25, 0.3) is 0 Å². The quantitative estimate of drug-likeness (QED) is 0.517. The summed E-state index contributed by atoms with van der Waals surface area (Å²) in [7, 11) is 2.15. The molecule has 0 spiro atoms. The summed E-state index contributed by atoms with van der Waals surface area (Å²) in [5.41, 5.74) is -0.175. The largest absolute Gasteiger partial charge is 0.314 e. The van der Waals surface area contributed by atoms with E-state index in [9.17, 15) is 4.79 Å². The van der Waals surface area contributed by atoms with Crippen LogP contribution in [0.1, 0.15) is 26.7 Å². The van der Waals surface area contributed by atoms with Crippen molar-refractivity contribution >= 4 is 18.7 Å². The molecule has 4 heteroatoms. The number of rotatable bonds is 4. The molecule has 0 aromatic heterocycles. The molecule has 1 fully saturated rings. The van der Waals surface area contributed by atoms with Gasteiger partial charge in [0.1, 0.15) is 0 Å². The summed E-state index contributed by atoms with van der Waals surface area (Å²) < 4.78 is 3.31. The Labute approximate surface area is 85.6 Å². The fourth-order valence-corrected chi connectivity index (χ4v) is 2.27. The minimum absolute atomic E-state index is 0.0852. The normalized spacial score (nSPS) is 19.7. The van der Waals surface area contributed by atoms with Gasteiger partial charge in [-0.25, -0.2) is 0 Å². The lowest BCUT2D eigenvalue weighted by Crippen LogP contribution is -2.59. The fraction of sp³-hybridized carbons (Fsp3) is 0.889. The van der Waals surface area contributed by atoms with Crippen LogP contribution in [0.3, 0.4) is 0 Å². The first-order chi connectivity index (χ1) is 6.06. The van der Waals surface area contributed by atoms with Crippen molar-refractivity contribution in [1.82, 2.24) is 4.72 Å². The molecule has 0 aromatic rings. The molecule has 0 aliphatic heterocycles. The zero-order chi connectivity index (χ0) is 10.1. The molecule has 0 atom stereocenters. The van der Waals surface area contributed by atoms with E-state index in [1.807, 2.05) is 0 Å². The highest BCUT2D eigenvalue weighted by Crippen LogP contribution is 2.46. The van der Waals surface area contributed by atoms with Gasteiger partial charge in [-0.3, -0.25) is 9.52 Å². The number of amides is 1. The molecule has 0 saturated heterocycles. The third kappa shape index (κ3) is 1.46. The van der Waals surface area contributed by atoms with Crippen LogP contribution in [0, 0.1) is 0 Å². The molecule has 1 saturated carbocycles. The Morgan fingerprint density at radius 3 is 2.15 bits per heavy atom. The van der Waals surface area contributed by atoms with Crippen LogP contribution in [0.5, 0.6) is 0 Å². The van der Waals surface area contributed by atoms with E-state index >= 15 is 0 Å². The lowest BCUT2D eigenvalue weighted by molar-refractivity contribution is -0.931. The molecule has 1 amide bonds. The summed E-state index contributed by atoms with van der Waals surface area (Å²) in [5, 5.41) is 0. The zero-order valence-electron chi connectivity index (χ0n) is 8.63. The molecule has 13 heavy (non-hydrogen) atoms. The Kier molecular flexibility index (Phi) is 2.92. The molecular weight excluding hydrogens is 184 g/mol. The first kappa shape index (κ1) is 10.9. The molecule has 76 valence electrons. The first-order valence-corrected chi connectivity index (χ1v) is 5.30. The number of hydrogen-bond donors (Lipinski definition) is 2. The van der Waals surface area contributed by atoms with Crippen LogP contribution in [-0.4, -0.2) is 36.1 Å². The minimum atomic E-state index is -0.175. The van der Waals surface area contributed by atoms with Crippen LogP contribution in [0.2, 0.25) is 0 Å². The molecule has 1 aliphatic rings. The Morgan fingerprint density at radius 2 is 1.92 bits per heavy atom. The summed E-state index contributed by atoms with van der Waals surface area (Å²) in [5.74, 6) is 0.0852. The summed E-state index contributed by atoms with van der Waals surface area (Å²) >= 11 is 3.85. The van der Waals surface area contributed by atoms with E-state index < -0.39 is 0 Å². The van der Waals surface area contributed by atoms with Crippen molar-refractivity contribution in [2.45, 2.75) is 32.2 Å². The average molecular weight is 203 g/mol. The summed E-state index contributed by atoms with van der Waals surface area (Å²) in [6, 6.07) is 0. The second kappa shape index (κ2) is 3.50. The highest BCUT2D eigenvalue weighted by molar-refractivity contribution is 7.78. The molecule has 3 nitrogen and oxygen atoms in total. The third-order valence-corrected chi connectivity index (χ3v) is 3.88. The van der Waals surface area contributed by atoms with E-state index in [0.717, 1.165) is 30.4 Å². The van der Waals surface area contributed by atoms with E-state index in [1.54, 1.807) is 0 Å². The van der Waals surface area contributed by atoms with Crippen molar-refractivity contribution in [1.29, 1.82) is 0 Å². The smallest absolute Gasteiger partial charge is 0.291 e. The number of nitrogens with zero attached hydrogens (tertiary/aromatic N) is 1. The van der Waals surface area contributed by atoms with Gasteiger partial charge in [-0.1, -0.05) is 12.8 Å². The summed E-state index contributed by atoms with van der Waals surface area (Å²) in [6.07, 6.45) is 2.00. The van der Waals surface area contributed by atoms with Crippen molar-refractivity contribution in [3.8, 4) is 0 Å². The molecule has 1 aliphatic carbocycles. The lowest BCUT2D eigenvalue weighted by atomic mass is 10.1. The van der Waals surface area contributed by atoms with E-state index in [4.69, 9.17) is 0 Å². The molecule has 1 N–H and O–H groups in total. The Balaban J connectivity index is 2.85. The Morgan fingerprint density at radius 1 is 1.46 bits per heavy atom. The standard InChI is InChI=1S/C9H18N2OS/c1-4-11(3,5-2)9(6-7-9)8(12)10-13/h4-7H2,1-3H3,(H-,10,12,13)/p+1. The van der Waals surface area contributed by atoms with Gasteiger partial charge in [-0.15, -0.1) is 0 Å². The van der Waals surface area contributed by atoms with Gasteiger partial charge in [-0.2, -0.15) is 0 Å². The SMILES string of the molecule is CC[N+](C)(CC)C1(C(=O)NS)CC1. The van der Waals surface area contributed by atoms with Gasteiger partial charge in [0.05, 0.1) is 20.1 Å². The molecule has 1 rings (SSSR count). The zero-order valence-corrected chi connectivity index (χ0v) is 9.53. The molecular formula is C9H19N2OS+. The second-order valence-corrected chi connectivity index (χ2v) is 4.22. The molecule has 0 radical (unpaired) electrons. The number of nitrogens with one attached hydrogen (secondary N) is 1. The maximum absolute atomic E-state index is 11.7. The van der Waals surface area contributed by atoms with Gasteiger partial charge in [-0.05, 0) is 13.8 Å². The Hall–Kier alpha value is -0.220. The number of carbonyl (C=O) groups excluding carboxylic acids is 1. The van der Waals surface area contributed by atoms with Crippen molar-refractivity contribution in [2.24, 2.45) is 0 Å². The van der Waals surface area contributed by atoms with E-state index in [2.05, 4.69) is 38.4 Å². The highest BCUT2D eigenvalue weighted by atomic mass is 32.1. The monoisotopic (exact) mass is 203 g/mol. The molecule has 0 bridgehead atoms. The van der Waals surface area contributed by atoms with Crippen molar-refractivity contribution in [3.63, 3.8) is 0 Å². The van der Waals surface area contributed by atoms with Gasteiger partial charge >= 0.3 is 0 Å². The summed E-state index contributed by atoms with van der Waals surface area (Å²) in [6.45, 7) is 6.26. The van der Waals surface area contributed by atoms with E-state index in [1.165, 1.54) is 0 Å². The van der Waals surface area contributed by atoms with Crippen LogP contribution in [-0.2, 0) is 4.79 Å². The second-order valence-electron chi connectivity index (χ2n) is 4.00. The first-order valence-electron chi connectivity index (χ1n) is 4.85. The number of hydrogen-bond acceptors (Lipinski definition) is 2. The maximum atomic E-state index is 11.7. The summed E-state index contributed by atoms with van der Waals surface area (Å²) in [4.78, 5) is 11.7. The molecule has 0 aromatic carbocycles. The third-order valence-electron chi connectivity index (χ3n) is 3.68. The Bertz CT molecular complexity index is 210. The molecule has 0 heterocycles. The number of thiol groups is 1. The van der Waals surface area contributed by atoms with Crippen LogP contribution in [0.4, 0.5) is 0 Å². The molecule has 0 unspecified atom stereocenters. The van der Waals surface area contributed by atoms with Gasteiger partial charge in [0.15, 0.2) is 5.54 Å². The van der Waals surface area contributed by atoms with Crippen molar-refractivity contribution in [2.75, 3.05) is 20.1 Å². The minimum Gasteiger partial charge on any atom is -0.314 e. The predicted molar refractivity (Wildman–Crippen MR) is 56.4 cm³/mol. The van der Waals surface area contributed by atoms with Gasteiger partial charge < -0.3 is 4.48 Å². The predicted octanol–water partition coefficient (Wildman–Crippen LogP) is 0.966. The average Bonchev–Trinajstić information content (AvgIpc) is 2.96. The number of likely N-dealkylation sites (N-methyl/N-ethyl adjacent to an activating group) is 1. The van der Waals surface area contributed by atoms with Crippen molar-refractivity contribution < 1.29 is 9.28 Å². The number of carbonyl (C=O) groups is 1. The van der Waals surface area contributed by atoms with Gasteiger partial charge in [0.25, 0.3) is 5.91 Å². The lowest BCUT2D eigenvalue weighted by Gasteiger charge is -2.39. The van der Waals surface area contributed by atoms with Crippen molar-refractivity contribution in [3.05, 3.63) is 0 Å². The van der Waals surface area contributed by atoms with E-state index in [-0.39, 0.29) is 11.4 Å². The van der Waals surface area contributed by atoms with E-state index in [0.29, 0.717) is 0 Å². The van der Waals surface area contributed by atoms with Crippen LogP contribution < -0.4 is 4.72 Å². The van der Waals surface area contributed by atoms with Crippen LogP contribution in [0.15, 0.2) is 0 Å². The van der Waals surface area contributed by atoms with Crippen LogP contribution >= 0.6 is 12.8 Å². The maximum Gasteiger partial charge on any atom is 0.291 e. The van der Waals surface area contributed by atoms with Gasteiger partial charge in [0, 0.05) is 12.8 Å². The number of quaternary nitrogens is 1. The highest BCUT2D eigenvalue weighted by Gasteiger charge is 2.62. The topological polar surface area (TPSA) is 29.1 Å². The van der Waals surface area contributed by atoms with Gasteiger partial charge in [0.2, 0.25) is 0 Å².